The number of carbonyl (C=O) groups excluding carboxylic acids is 2. The number of hydrogen-bond acceptors (Lipinski definition) is 4. The minimum Gasteiger partial charge on any atom is -0.469 e. The van der Waals surface area contributed by atoms with Gasteiger partial charge < -0.3 is 15.4 Å². The Morgan fingerprint density at radius 3 is 2.42 bits per heavy atom. The van der Waals surface area contributed by atoms with Gasteiger partial charge in [0.15, 0.2) is 0 Å². The van der Waals surface area contributed by atoms with Crippen molar-refractivity contribution in [2.75, 3.05) is 26.7 Å². The standard InChI is InChI=1S/C19H28N2O3/c1-24-18(23)8-7-17(22)21-13-11-19(15-20,12-14-21)10-9-16-5-3-2-4-6-16/h2-6H,7-15,20H2,1H3. The van der Waals surface area contributed by atoms with E-state index in [1.54, 1.807) is 0 Å². The van der Waals surface area contributed by atoms with Gasteiger partial charge in [0.25, 0.3) is 0 Å². The molecule has 1 aliphatic rings. The quantitative estimate of drug-likeness (QED) is 0.777. The van der Waals surface area contributed by atoms with Gasteiger partial charge in [0.1, 0.15) is 0 Å². The number of aryl methyl sites for hydroxylation is 1. The van der Waals surface area contributed by atoms with Crippen LogP contribution in [0.1, 0.15) is 37.7 Å². The molecule has 1 aromatic rings. The first-order valence-corrected chi connectivity index (χ1v) is 8.67. The number of nitrogens with two attached hydrogens (primary N) is 1. The first-order valence-electron chi connectivity index (χ1n) is 8.67. The molecule has 2 N–H and O–H groups in total. The van der Waals surface area contributed by atoms with Crippen LogP contribution < -0.4 is 5.73 Å². The summed E-state index contributed by atoms with van der Waals surface area (Å²) < 4.78 is 4.59. The molecule has 1 aromatic carbocycles. The lowest BCUT2D eigenvalue weighted by Gasteiger charge is -2.41. The maximum Gasteiger partial charge on any atom is 0.306 e. The molecule has 1 saturated heterocycles. The van der Waals surface area contributed by atoms with Crippen LogP contribution in [0.2, 0.25) is 0 Å². The lowest BCUT2D eigenvalue weighted by atomic mass is 9.74. The van der Waals surface area contributed by atoms with E-state index in [2.05, 4.69) is 29.0 Å². The first-order chi connectivity index (χ1) is 11.6. The van der Waals surface area contributed by atoms with Crippen molar-refractivity contribution >= 4 is 11.9 Å². The van der Waals surface area contributed by atoms with Crippen LogP contribution in [0.15, 0.2) is 30.3 Å². The number of hydrogen-bond donors (Lipinski definition) is 1. The molecule has 5 heteroatoms. The molecule has 0 radical (unpaired) electrons. The van der Waals surface area contributed by atoms with E-state index in [0.717, 1.165) is 38.8 Å². The highest BCUT2D eigenvalue weighted by molar-refractivity contribution is 5.81. The summed E-state index contributed by atoms with van der Waals surface area (Å²) in [6.45, 7) is 2.11. The molecular weight excluding hydrogens is 304 g/mol. The molecular formula is C19H28N2O3. The highest BCUT2D eigenvalue weighted by Crippen LogP contribution is 2.35. The molecule has 0 bridgehead atoms. The van der Waals surface area contributed by atoms with Gasteiger partial charge in [-0.2, -0.15) is 0 Å². The van der Waals surface area contributed by atoms with Crippen LogP contribution in [-0.2, 0) is 20.7 Å². The van der Waals surface area contributed by atoms with Crippen LogP contribution in [0.3, 0.4) is 0 Å². The van der Waals surface area contributed by atoms with Gasteiger partial charge in [0.05, 0.1) is 13.5 Å². The van der Waals surface area contributed by atoms with Gasteiger partial charge in [-0.1, -0.05) is 30.3 Å². The molecule has 0 saturated carbocycles. The molecule has 1 aliphatic heterocycles. The Balaban J connectivity index is 1.82. The second-order valence-corrected chi connectivity index (χ2v) is 6.65. The molecule has 0 spiro atoms. The van der Waals surface area contributed by atoms with Crippen LogP contribution in [0.25, 0.3) is 0 Å². The van der Waals surface area contributed by atoms with Crippen molar-refractivity contribution < 1.29 is 14.3 Å². The summed E-state index contributed by atoms with van der Waals surface area (Å²) in [5.74, 6) is -0.298. The molecule has 2 rings (SSSR count). The van der Waals surface area contributed by atoms with Gasteiger partial charge >= 0.3 is 5.97 Å². The average Bonchev–Trinajstić information content (AvgIpc) is 2.65. The van der Waals surface area contributed by atoms with Crippen molar-refractivity contribution in [3.63, 3.8) is 0 Å². The van der Waals surface area contributed by atoms with Gasteiger partial charge in [-0.25, -0.2) is 0 Å². The Hall–Kier alpha value is -1.88. The van der Waals surface area contributed by atoms with Gasteiger partial charge in [0.2, 0.25) is 5.91 Å². The van der Waals surface area contributed by atoms with E-state index < -0.39 is 0 Å². The number of benzene rings is 1. The van der Waals surface area contributed by atoms with Crippen LogP contribution >= 0.6 is 0 Å². The van der Waals surface area contributed by atoms with Crippen LogP contribution in [-0.4, -0.2) is 43.5 Å². The molecule has 1 fully saturated rings. The Bertz CT molecular complexity index is 537. The minimum atomic E-state index is -0.334. The van der Waals surface area contributed by atoms with E-state index in [9.17, 15) is 9.59 Å². The summed E-state index contributed by atoms with van der Waals surface area (Å²) in [5, 5.41) is 0. The fraction of sp³-hybridized carbons (Fsp3) is 0.579. The van der Waals surface area contributed by atoms with Gasteiger partial charge in [-0.05, 0) is 43.2 Å². The second kappa shape index (κ2) is 8.83. The minimum absolute atomic E-state index is 0.0362. The predicted octanol–water partition coefficient (Wildman–Crippen LogP) is 2.14. The molecule has 132 valence electrons. The average molecular weight is 332 g/mol. The van der Waals surface area contributed by atoms with Crippen molar-refractivity contribution in [1.29, 1.82) is 0 Å². The van der Waals surface area contributed by atoms with Crippen LogP contribution in [0, 0.1) is 5.41 Å². The summed E-state index contributed by atoms with van der Waals surface area (Å²) in [7, 11) is 1.34. The van der Waals surface area contributed by atoms with E-state index >= 15 is 0 Å². The van der Waals surface area contributed by atoms with E-state index in [1.807, 2.05) is 11.0 Å². The van der Waals surface area contributed by atoms with E-state index in [-0.39, 0.29) is 30.1 Å². The smallest absolute Gasteiger partial charge is 0.306 e. The van der Waals surface area contributed by atoms with Gasteiger partial charge in [-0.15, -0.1) is 0 Å². The molecule has 0 unspecified atom stereocenters. The van der Waals surface area contributed by atoms with Crippen molar-refractivity contribution in [2.24, 2.45) is 11.1 Å². The second-order valence-electron chi connectivity index (χ2n) is 6.65. The zero-order valence-electron chi connectivity index (χ0n) is 14.5. The third kappa shape index (κ3) is 5.06. The number of likely N-dealkylation sites (tertiary alicyclic amines) is 1. The highest BCUT2D eigenvalue weighted by Gasteiger charge is 2.34. The van der Waals surface area contributed by atoms with Gasteiger partial charge in [-0.3, -0.25) is 9.59 Å². The number of ether oxygens (including phenoxy) is 1. The highest BCUT2D eigenvalue weighted by atomic mass is 16.5. The van der Waals surface area contributed by atoms with Gasteiger partial charge in [0, 0.05) is 19.5 Å². The Morgan fingerprint density at radius 2 is 1.83 bits per heavy atom. The van der Waals surface area contributed by atoms with Crippen molar-refractivity contribution in [1.82, 2.24) is 4.90 Å². The lowest BCUT2D eigenvalue weighted by Crippen LogP contribution is -2.46. The fourth-order valence-corrected chi connectivity index (χ4v) is 3.31. The van der Waals surface area contributed by atoms with Crippen molar-refractivity contribution in [2.45, 2.75) is 38.5 Å². The summed E-state index contributed by atoms with van der Waals surface area (Å²) >= 11 is 0. The number of rotatable bonds is 7. The number of amides is 1. The van der Waals surface area contributed by atoms with E-state index in [1.165, 1.54) is 12.7 Å². The molecule has 5 nitrogen and oxygen atoms in total. The number of esters is 1. The SMILES string of the molecule is COC(=O)CCC(=O)N1CCC(CN)(CCc2ccccc2)CC1. The Labute approximate surface area is 144 Å². The lowest BCUT2D eigenvalue weighted by molar-refractivity contribution is -0.144. The molecule has 1 heterocycles. The predicted molar refractivity (Wildman–Crippen MR) is 93.3 cm³/mol. The Kier molecular flexibility index (Phi) is 6.79. The molecule has 0 atom stereocenters. The van der Waals surface area contributed by atoms with E-state index in [0.29, 0.717) is 6.54 Å². The number of piperidine rings is 1. The summed E-state index contributed by atoms with van der Waals surface area (Å²) in [6.07, 6.45) is 4.32. The first kappa shape index (κ1) is 18.5. The monoisotopic (exact) mass is 332 g/mol. The topological polar surface area (TPSA) is 72.6 Å². The summed E-state index contributed by atoms with van der Waals surface area (Å²) in [4.78, 5) is 25.2. The molecule has 0 aliphatic carbocycles. The van der Waals surface area contributed by atoms with Crippen LogP contribution in [0.5, 0.6) is 0 Å². The van der Waals surface area contributed by atoms with E-state index in [4.69, 9.17) is 5.73 Å². The maximum atomic E-state index is 12.2. The zero-order chi connectivity index (χ0) is 17.4. The summed E-state index contributed by atoms with van der Waals surface area (Å²) in [5.41, 5.74) is 7.53. The number of nitrogens with zero attached hydrogens (tertiary/aromatic N) is 1. The number of carbonyl (C=O) groups is 2. The third-order valence-corrected chi connectivity index (χ3v) is 5.17. The van der Waals surface area contributed by atoms with Crippen molar-refractivity contribution in [3.8, 4) is 0 Å². The molecule has 24 heavy (non-hydrogen) atoms. The Morgan fingerprint density at radius 1 is 1.17 bits per heavy atom. The normalized spacial score (nSPS) is 16.7. The largest absolute Gasteiger partial charge is 0.469 e. The van der Waals surface area contributed by atoms with Crippen LogP contribution in [0.4, 0.5) is 0 Å². The maximum absolute atomic E-state index is 12.2. The molecule has 0 aromatic heterocycles. The summed E-state index contributed by atoms with van der Waals surface area (Å²) in [6, 6.07) is 10.5. The molecule has 1 amide bonds. The zero-order valence-corrected chi connectivity index (χ0v) is 14.5. The number of methoxy groups -OCH3 is 1. The fourth-order valence-electron chi connectivity index (χ4n) is 3.31. The van der Waals surface area contributed by atoms with Crippen molar-refractivity contribution in [3.05, 3.63) is 35.9 Å². The third-order valence-electron chi connectivity index (χ3n) is 5.17.